The average molecular weight is 291 g/mol. The average Bonchev–Trinajstić information content (AvgIpc) is 2.36. The van der Waals surface area contributed by atoms with Gasteiger partial charge in [-0.05, 0) is 24.6 Å². The van der Waals surface area contributed by atoms with Crippen LogP contribution in [0, 0.1) is 12.7 Å². The number of rotatable bonds is 7. The topological polar surface area (TPSA) is 50.4 Å². The van der Waals surface area contributed by atoms with Gasteiger partial charge in [-0.1, -0.05) is 6.07 Å². The summed E-state index contributed by atoms with van der Waals surface area (Å²) >= 11 is 0. The maximum absolute atomic E-state index is 13.0. The van der Waals surface area contributed by atoms with Gasteiger partial charge >= 0.3 is 0 Å². The van der Waals surface area contributed by atoms with E-state index in [1.807, 2.05) is 0 Å². The van der Waals surface area contributed by atoms with Crippen LogP contribution in [-0.4, -0.2) is 39.3 Å². The zero-order valence-corrected chi connectivity index (χ0v) is 12.0. The molecule has 0 aromatic heterocycles. The molecule has 0 aliphatic rings. The Labute approximate surface area is 119 Å². The second kappa shape index (κ2) is 9.72. The smallest absolute Gasteiger partial charge is 0.251 e. The number of carbonyl (C=O) groups is 1. The SMILES string of the molecule is COCCNCCNC(=O)c1cc(F)ccc1C.Cl. The standard InChI is InChI=1S/C13H19FN2O2.ClH/c1-10-3-4-11(14)9-12(10)13(17)16-6-5-15-7-8-18-2;/h3-4,9,15H,5-8H2,1-2H3,(H,16,17);1H. The first-order valence-corrected chi connectivity index (χ1v) is 5.89. The Morgan fingerprint density at radius 1 is 1.32 bits per heavy atom. The van der Waals surface area contributed by atoms with E-state index in [0.717, 1.165) is 12.1 Å². The van der Waals surface area contributed by atoms with Gasteiger partial charge in [0.25, 0.3) is 5.91 Å². The van der Waals surface area contributed by atoms with E-state index in [4.69, 9.17) is 4.74 Å². The number of hydrogen-bond acceptors (Lipinski definition) is 3. The van der Waals surface area contributed by atoms with E-state index in [1.54, 1.807) is 20.1 Å². The Balaban J connectivity index is 0.00000324. The highest BCUT2D eigenvalue weighted by atomic mass is 35.5. The molecule has 1 rings (SSSR count). The molecule has 0 saturated heterocycles. The van der Waals surface area contributed by atoms with E-state index in [1.165, 1.54) is 12.1 Å². The molecule has 0 atom stereocenters. The zero-order valence-electron chi connectivity index (χ0n) is 11.2. The Morgan fingerprint density at radius 3 is 2.74 bits per heavy atom. The third-order valence-corrected chi connectivity index (χ3v) is 2.51. The first kappa shape index (κ1) is 17.8. The van der Waals surface area contributed by atoms with Gasteiger partial charge in [0.05, 0.1) is 6.61 Å². The molecular weight excluding hydrogens is 271 g/mol. The van der Waals surface area contributed by atoms with Gasteiger partial charge in [0.1, 0.15) is 5.82 Å². The number of benzene rings is 1. The fourth-order valence-corrected chi connectivity index (χ4v) is 1.50. The summed E-state index contributed by atoms with van der Waals surface area (Å²) in [5.41, 5.74) is 1.15. The van der Waals surface area contributed by atoms with Crippen molar-refractivity contribution < 1.29 is 13.9 Å². The van der Waals surface area contributed by atoms with Crippen molar-refractivity contribution in [2.75, 3.05) is 33.4 Å². The van der Waals surface area contributed by atoms with Crippen LogP contribution in [0.4, 0.5) is 4.39 Å². The van der Waals surface area contributed by atoms with Crippen molar-refractivity contribution in [1.82, 2.24) is 10.6 Å². The van der Waals surface area contributed by atoms with Gasteiger partial charge in [-0.3, -0.25) is 4.79 Å². The lowest BCUT2D eigenvalue weighted by atomic mass is 10.1. The molecule has 1 aromatic carbocycles. The molecule has 0 bridgehead atoms. The van der Waals surface area contributed by atoms with Crippen LogP contribution in [0.5, 0.6) is 0 Å². The summed E-state index contributed by atoms with van der Waals surface area (Å²) < 4.78 is 17.9. The number of methoxy groups -OCH3 is 1. The second-order valence-electron chi connectivity index (χ2n) is 3.96. The summed E-state index contributed by atoms with van der Waals surface area (Å²) in [6.45, 7) is 4.31. The largest absolute Gasteiger partial charge is 0.383 e. The zero-order chi connectivity index (χ0) is 13.4. The molecule has 0 spiro atoms. The number of ether oxygens (including phenoxy) is 1. The second-order valence-corrected chi connectivity index (χ2v) is 3.96. The van der Waals surface area contributed by atoms with Gasteiger partial charge in [0.2, 0.25) is 0 Å². The van der Waals surface area contributed by atoms with E-state index in [0.29, 0.717) is 25.3 Å². The van der Waals surface area contributed by atoms with Crippen LogP contribution in [0.15, 0.2) is 18.2 Å². The molecule has 4 nitrogen and oxygen atoms in total. The molecule has 0 unspecified atom stereocenters. The van der Waals surface area contributed by atoms with Crippen LogP contribution in [0.3, 0.4) is 0 Å². The van der Waals surface area contributed by atoms with Crippen molar-refractivity contribution >= 4 is 18.3 Å². The Morgan fingerprint density at radius 2 is 2.05 bits per heavy atom. The molecule has 19 heavy (non-hydrogen) atoms. The van der Waals surface area contributed by atoms with Gasteiger partial charge < -0.3 is 15.4 Å². The van der Waals surface area contributed by atoms with E-state index >= 15 is 0 Å². The van der Waals surface area contributed by atoms with Gasteiger partial charge in [-0.2, -0.15) is 0 Å². The molecule has 0 aliphatic heterocycles. The number of hydrogen-bond donors (Lipinski definition) is 2. The van der Waals surface area contributed by atoms with Crippen LogP contribution < -0.4 is 10.6 Å². The van der Waals surface area contributed by atoms with Crippen molar-refractivity contribution in [2.24, 2.45) is 0 Å². The van der Waals surface area contributed by atoms with Crippen LogP contribution in [0.1, 0.15) is 15.9 Å². The van der Waals surface area contributed by atoms with Gasteiger partial charge in [-0.25, -0.2) is 4.39 Å². The summed E-state index contributed by atoms with van der Waals surface area (Å²) in [6.07, 6.45) is 0. The van der Waals surface area contributed by atoms with E-state index in [2.05, 4.69) is 10.6 Å². The van der Waals surface area contributed by atoms with Crippen molar-refractivity contribution in [2.45, 2.75) is 6.92 Å². The molecule has 2 N–H and O–H groups in total. The molecule has 0 saturated carbocycles. The van der Waals surface area contributed by atoms with Crippen LogP contribution in [-0.2, 0) is 4.74 Å². The third-order valence-electron chi connectivity index (χ3n) is 2.51. The quantitative estimate of drug-likeness (QED) is 0.749. The van der Waals surface area contributed by atoms with Crippen LogP contribution in [0.25, 0.3) is 0 Å². The van der Waals surface area contributed by atoms with Crippen LogP contribution in [0.2, 0.25) is 0 Å². The van der Waals surface area contributed by atoms with Gasteiger partial charge in [0, 0.05) is 32.3 Å². The van der Waals surface area contributed by atoms with Crippen molar-refractivity contribution in [3.63, 3.8) is 0 Å². The highest BCUT2D eigenvalue weighted by molar-refractivity contribution is 5.95. The maximum Gasteiger partial charge on any atom is 0.251 e. The Hall–Kier alpha value is -1.17. The predicted molar refractivity (Wildman–Crippen MR) is 75.5 cm³/mol. The fraction of sp³-hybridized carbons (Fsp3) is 0.462. The van der Waals surface area contributed by atoms with E-state index in [-0.39, 0.29) is 18.3 Å². The number of carbonyl (C=O) groups excluding carboxylic acids is 1. The molecule has 1 amide bonds. The third kappa shape index (κ3) is 6.52. The predicted octanol–water partition coefficient (Wildman–Crippen LogP) is 1.52. The first-order valence-electron chi connectivity index (χ1n) is 5.89. The molecule has 0 aliphatic carbocycles. The number of amides is 1. The van der Waals surface area contributed by atoms with Gasteiger partial charge in [-0.15, -0.1) is 12.4 Å². The lowest BCUT2D eigenvalue weighted by Crippen LogP contribution is -2.33. The summed E-state index contributed by atoms with van der Waals surface area (Å²) in [5, 5.41) is 5.84. The minimum Gasteiger partial charge on any atom is -0.383 e. The first-order chi connectivity index (χ1) is 8.65. The normalized spacial score (nSPS) is 9.84. The molecule has 1 aromatic rings. The fourth-order valence-electron chi connectivity index (χ4n) is 1.50. The van der Waals surface area contributed by atoms with E-state index < -0.39 is 5.82 Å². The lowest BCUT2D eigenvalue weighted by Gasteiger charge is -2.08. The van der Waals surface area contributed by atoms with Gasteiger partial charge in [0.15, 0.2) is 0 Å². The lowest BCUT2D eigenvalue weighted by molar-refractivity contribution is 0.0952. The molecule has 6 heteroatoms. The van der Waals surface area contributed by atoms with Crippen molar-refractivity contribution in [3.05, 3.63) is 35.1 Å². The van der Waals surface area contributed by atoms with Crippen molar-refractivity contribution in [3.8, 4) is 0 Å². The minimum absolute atomic E-state index is 0. The molecule has 108 valence electrons. The summed E-state index contributed by atoms with van der Waals surface area (Å²) in [4.78, 5) is 11.8. The highest BCUT2D eigenvalue weighted by Crippen LogP contribution is 2.09. The molecule has 0 fully saturated rings. The molecule has 0 radical (unpaired) electrons. The maximum atomic E-state index is 13.0. The summed E-state index contributed by atoms with van der Waals surface area (Å²) in [7, 11) is 1.64. The van der Waals surface area contributed by atoms with Crippen LogP contribution >= 0.6 is 12.4 Å². The van der Waals surface area contributed by atoms with Crippen molar-refractivity contribution in [1.29, 1.82) is 0 Å². The minimum atomic E-state index is -0.399. The monoisotopic (exact) mass is 290 g/mol. The summed E-state index contributed by atoms with van der Waals surface area (Å²) in [6, 6.07) is 4.20. The summed E-state index contributed by atoms with van der Waals surface area (Å²) in [5.74, 6) is -0.649. The highest BCUT2D eigenvalue weighted by Gasteiger charge is 2.08. The number of aryl methyl sites for hydroxylation is 1. The Bertz CT molecular complexity index is 402. The number of nitrogens with one attached hydrogen (secondary N) is 2. The molecule has 0 heterocycles. The number of halogens is 2. The Kier molecular flexibility index (Phi) is 9.12. The molecular formula is C13H20ClFN2O2. The van der Waals surface area contributed by atoms with E-state index in [9.17, 15) is 9.18 Å².